The van der Waals surface area contributed by atoms with E-state index in [2.05, 4.69) is 57.8 Å². The summed E-state index contributed by atoms with van der Waals surface area (Å²) in [7, 11) is 1.71. The Balaban J connectivity index is 1.55. The monoisotopic (exact) mass is 467 g/mol. The molecule has 0 aliphatic carbocycles. The average Bonchev–Trinajstić information content (AvgIpc) is 2.68. The molecular weight excluding hydrogens is 441 g/mol. The van der Waals surface area contributed by atoms with Crippen LogP contribution >= 0.6 is 22.6 Å². The largest absolute Gasteiger partial charge is 0.496 e. The molecule has 0 amide bonds. The molecule has 1 aliphatic heterocycles. The van der Waals surface area contributed by atoms with E-state index in [1.807, 2.05) is 12.1 Å². The SMILES string of the molecule is COc1ccc(CCCN2CCOCC2)cc1COc1ccc(I)cc1. The van der Waals surface area contributed by atoms with Gasteiger partial charge in [-0.2, -0.15) is 0 Å². The van der Waals surface area contributed by atoms with Crippen molar-refractivity contribution in [2.45, 2.75) is 19.4 Å². The molecule has 26 heavy (non-hydrogen) atoms. The van der Waals surface area contributed by atoms with E-state index in [0.29, 0.717) is 6.61 Å². The molecule has 1 fully saturated rings. The second-order valence-electron chi connectivity index (χ2n) is 6.45. The van der Waals surface area contributed by atoms with Crippen LogP contribution in [0.5, 0.6) is 11.5 Å². The third-order valence-electron chi connectivity index (χ3n) is 4.60. The highest BCUT2D eigenvalue weighted by Crippen LogP contribution is 2.23. The second-order valence-corrected chi connectivity index (χ2v) is 7.69. The number of hydrogen-bond donors (Lipinski definition) is 0. The number of benzene rings is 2. The minimum Gasteiger partial charge on any atom is -0.496 e. The highest BCUT2D eigenvalue weighted by Gasteiger charge is 2.10. The molecule has 140 valence electrons. The standard InChI is InChI=1S/C21H26INO3/c1-24-21-9-4-17(3-2-10-23-11-13-25-14-12-23)15-18(21)16-26-20-7-5-19(22)6-8-20/h4-9,15H,2-3,10-14,16H2,1H3. The molecule has 4 nitrogen and oxygen atoms in total. The number of nitrogens with zero attached hydrogens (tertiary/aromatic N) is 1. The van der Waals surface area contributed by atoms with Crippen LogP contribution in [0, 0.1) is 3.57 Å². The topological polar surface area (TPSA) is 30.9 Å². The molecule has 0 unspecified atom stereocenters. The van der Waals surface area contributed by atoms with Gasteiger partial charge in [0.25, 0.3) is 0 Å². The van der Waals surface area contributed by atoms with Gasteiger partial charge in [-0.05, 0) is 83.9 Å². The summed E-state index contributed by atoms with van der Waals surface area (Å²) in [5.41, 5.74) is 2.43. The van der Waals surface area contributed by atoms with E-state index in [1.165, 1.54) is 9.13 Å². The van der Waals surface area contributed by atoms with Crippen LogP contribution in [0.1, 0.15) is 17.5 Å². The van der Waals surface area contributed by atoms with Gasteiger partial charge < -0.3 is 14.2 Å². The Morgan fingerprint density at radius 2 is 1.85 bits per heavy atom. The van der Waals surface area contributed by atoms with Crippen molar-refractivity contribution >= 4 is 22.6 Å². The van der Waals surface area contributed by atoms with Crippen LogP contribution in [-0.4, -0.2) is 44.9 Å². The van der Waals surface area contributed by atoms with Crippen molar-refractivity contribution in [2.75, 3.05) is 40.0 Å². The average molecular weight is 467 g/mol. The van der Waals surface area contributed by atoms with E-state index in [9.17, 15) is 0 Å². The van der Waals surface area contributed by atoms with E-state index in [0.717, 1.165) is 62.8 Å². The van der Waals surface area contributed by atoms with E-state index in [4.69, 9.17) is 14.2 Å². The third kappa shape index (κ3) is 5.86. The summed E-state index contributed by atoms with van der Waals surface area (Å²) in [6, 6.07) is 14.5. The van der Waals surface area contributed by atoms with Gasteiger partial charge in [-0.1, -0.05) is 6.07 Å². The van der Waals surface area contributed by atoms with Gasteiger partial charge in [0.05, 0.1) is 20.3 Å². The number of morpholine rings is 1. The predicted octanol–water partition coefficient (Wildman–Crippen LogP) is 4.14. The number of hydrogen-bond acceptors (Lipinski definition) is 4. The Bertz CT molecular complexity index is 684. The van der Waals surface area contributed by atoms with E-state index in [-0.39, 0.29) is 0 Å². The Kier molecular flexibility index (Phi) is 7.58. The molecule has 0 N–H and O–H groups in total. The molecule has 2 aromatic rings. The Labute approximate surface area is 169 Å². The first-order chi connectivity index (χ1) is 12.7. The van der Waals surface area contributed by atoms with Crippen molar-refractivity contribution in [3.63, 3.8) is 0 Å². The fourth-order valence-electron chi connectivity index (χ4n) is 3.12. The highest BCUT2D eigenvalue weighted by molar-refractivity contribution is 14.1. The fourth-order valence-corrected chi connectivity index (χ4v) is 3.48. The molecule has 0 radical (unpaired) electrons. The van der Waals surface area contributed by atoms with E-state index >= 15 is 0 Å². The van der Waals surface area contributed by atoms with Crippen molar-refractivity contribution in [3.8, 4) is 11.5 Å². The summed E-state index contributed by atoms with van der Waals surface area (Å²) >= 11 is 2.29. The molecule has 5 heteroatoms. The van der Waals surface area contributed by atoms with Crippen molar-refractivity contribution in [1.82, 2.24) is 4.90 Å². The zero-order valence-electron chi connectivity index (χ0n) is 15.2. The maximum atomic E-state index is 5.94. The molecule has 0 aromatic heterocycles. The lowest BCUT2D eigenvalue weighted by Gasteiger charge is -2.26. The molecule has 1 saturated heterocycles. The van der Waals surface area contributed by atoms with Crippen LogP contribution in [-0.2, 0) is 17.8 Å². The quantitative estimate of drug-likeness (QED) is 0.547. The zero-order valence-corrected chi connectivity index (χ0v) is 17.4. The van der Waals surface area contributed by atoms with Crippen molar-refractivity contribution in [3.05, 3.63) is 57.2 Å². The van der Waals surface area contributed by atoms with Gasteiger partial charge in [0, 0.05) is 22.2 Å². The van der Waals surface area contributed by atoms with Crippen LogP contribution < -0.4 is 9.47 Å². The summed E-state index contributed by atoms with van der Waals surface area (Å²) in [5, 5.41) is 0. The number of rotatable bonds is 8. The fraction of sp³-hybridized carbons (Fsp3) is 0.429. The summed E-state index contributed by atoms with van der Waals surface area (Å²) in [6.45, 7) is 5.48. The normalized spacial score (nSPS) is 15.0. The lowest BCUT2D eigenvalue weighted by atomic mass is 10.1. The third-order valence-corrected chi connectivity index (χ3v) is 5.32. The predicted molar refractivity (Wildman–Crippen MR) is 112 cm³/mol. The lowest BCUT2D eigenvalue weighted by molar-refractivity contribution is 0.0374. The smallest absolute Gasteiger partial charge is 0.125 e. The summed E-state index contributed by atoms with van der Waals surface area (Å²) in [6.07, 6.45) is 2.22. The molecule has 0 spiro atoms. The molecule has 2 aromatic carbocycles. The van der Waals surface area contributed by atoms with Crippen molar-refractivity contribution < 1.29 is 14.2 Å². The molecule has 0 bridgehead atoms. The zero-order chi connectivity index (χ0) is 18.2. The first-order valence-electron chi connectivity index (χ1n) is 9.09. The van der Waals surface area contributed by atoms with Gasteiger partial charge in [0.15, 0.2) is 0 Å². The van der Waals surface area contributed by atoms with Crippen LogP contribution in [0.15, 0.2) is 42.5 Å². The summed E-state index contributed by atoms with van der Waals surface area (Å²) in [4.78, 5) is 2.48. The number of ether oxygens (including phenoxy) is 3. The van der Waals surface area contributed by atoms with Gasteiger partial charge in [-0.3, -0.25) is 4.90 Å². The number of halogens is 1. The number of aryl methyl sites for hydroxylation is 1. The first-order valence-corrected chi connectivity index (χ1v) is 10.2. The molecule has 0 saturated carbocycles. The Hall–Kier alpha value is -1.31. The van der Waals surface area contributed by atoms with Crippen molar-refractivity contribution in [2.24, 2.45) is 0 Å². The summed E-state index contributed by atoms with van der Waals surface area (Å²) < 4.78 is 18.1. The van der Waals surface area contributed by atoms with Gasteiger partial charge in [-0.15, -0.1) is 0 Å². The maximum Gasteiger partial charge on any atom is 0.125 e. The molecule has 0 atom stereocenters. The number of methoxy groups -OCH3 is 1. The van der Waals surface area contributed by atoms with Crippen LogP contribution in [0.3, 0.4) is 0 Å². The van der Waals surface area contributed by atoms with Gasteiger partial charge >= 0.3 is 0 Å². The second kappa shape index (κ2) is 10.1. The molecule has 1 heterocycles. The van der Waals surface area contributed by atoms with Gasteiger partial charge in [-0.25, -0.2) is 0 Å². The molecule has 3 rings (SSSR count). The Morgan fingerprint density at radius 1 is 1.08 bits per heavy atom. The van der Waals surface area contributed by atoms with Crippen LogP contribution in [0.25, 0.3) is 0 Å². The lowest BCUT2D eigenvalue weighted by Crippen LogP contribution is -2.36. The first kappa shape index (κ1) is 19.5. The highest BCUT2D eigenvalue weighted by atomic mass is 127. The van der Waals surface area contributed by atoms with E-state index < -0.39 is 0 Å². The van der Waals surface area contributed by atoms with Gasteiger partial charge in [0.1, 0.15) is 18.1 Å². The molecule has 1 aliphatic rings. The van der Waals surface area contributed by atoms with Crippen molar-refractivity contribution in [1.29, 1.82) is 0 Å². The van der Waals surface area contributed by atoms with E-state index in [1.54, 1.807) is 7.11 Å². The van der Waals surface area contributed by atoms with Crippen LogP contribution in [0.4, 0.5) is 0 Å². The minimum absolute atomic E-state index is 0.515. The summed E-state index contributed by atoms with van der Waals surface area (Å²) in [5.74, 6) is 1.76. The van der Waals surface area contributed by atoms with Crippen LogP contribution in [0.2, 0.25) is 0 Å². The Morgan fingerprint density at radius 3 is 2.58 bits per heavy atom. The van der Waals surface area contributed by atoms with Gasteiger partial charge in [0.2, 0.25) is 0 Å². The molecular formula is C21H26INO3. The minimum atomic E-state index is 0.515. The maximum absolute atomic E-state index is 5.94.